The van der Waals surface area contributed by atoms with Crippen molar-refractivity contribution in [3.8, 4) is 0 Å². The van der Waals surface area contributed by atoms with Gasteiger partial charge < -0.3 is 4.42 Å². The van der Waals surface area contributed by atoms with Crippen molar-refractivity contribution < 1.29 is 9.21 Å². The number of aromatic nitrogens is 1. The standard InChI is InChI=1S/C16H12ClNO2S/c1-10-2-4-11(5-3-10)14(19)9-21-16-18-13-8-12(17)6-7-15(13)20-16/h2-8H,9H2,1H3. The average molecular weight is 318 g/mol. The number of aryl methyl sites for hydroxylation is 1. The summed E-state index contributed by atoms with van der Waals surface area (Å²) < 4.78 is 5.57. The zero-order valence-corrected chi connectivity index (χ0v) is 12.9. The summed E-state index contributed by atoms with van der Waals surface area (Å²) in [5.41, 5.74) is 3.21. The van der Waals surface area contributed by atoms with Crippen LogP contribution in [0.5, 0.6) is 0 Å². The van der Waals surface area contributed by atoms with Gasteiger partial charge in [-0.05, 0) is 25.1 Å². The summed E-state index contributed by atoms with van der Waals surface area (Å²) in [5, 5.41) is 1.09. The Bertz CT molecular complexity index is 796. The molecule has 3 nitrogen and oxygen atoms in total. The molecule has 21 heavy (non-hydrogen) atoms. The molecule has 0 amide bonds. The molecule has 106 valence electrons. The Morgan fingerprint density at radius 2 is 2.00 bits per heavy atom. The van der Waals surface area contributed by atoms with Crippen LogP contribution >= 0.6 is 23.4 Å². The van der Waals surface area contributed by atoms with Crippen molar-refractivity contribution in [1.82, 2.24) is 4.98 Å². The predicted octanol–water partition coefficient (Wildman–Crippen LogP) is 4.76. The van der Waals surface area contributed by atoms with E-state index >= 15 is 0 Å². The summed E-state index contributed by atoms with van der Waals surface area (Å²) >= 11 is 7.19. The van der Waals surface area contributed by atoms with E-state index in [2.05, 4.69) is 4.98 Å². The van der Waals surface area contributed by atoms with Crippen LogP contribution in [0.4, 0.5) is 0 Å². The second-order valence-corrected chi connectivity index (χ2v) is 6.03. The Balaban J connectivity index is 1.71. The van der Waals surface area contributed by atoms with E-state index in [0.717, 1.165) is 5.56 Å². The summed E-state index contributed by atoms with van der Waals surface area (Å²) in [6.07, 6.45) is 0. The molecule has 5 heteroatoms. The van der Waals surface area contributed by atoms with E-state index in [1.807, 2.05) is 31.2 Å². The zero-order chi connectivity index (χ0) is 14.8. The molecule has 0 bridgehead atoms. The van der Waals surface area contributed by atoms with Crippen LogP contribution in [-0.2, 0) is 0 Å². The van der Waals surface area contributed by atoms with Gasteiger partial charge in [0.15, 0.2) is 11.4 Å². The summed E-state index contributed by atoms with van der Waals surface area (Å²) in [6.45, 7) is 1.99. The van der Waals surface area contributed by atoms with Gasteiger partial charge in [-0.3, -0.25) is 4.79 Å². The molecule has 0 saturated heterocycles. The largest absolute Gasteiger partial charge is 0.431 e. The maximum absolute atomic E-state index is 12.1. The summed E-state index contributed by atoms with van der Waals surface area (Å²) in [5.74, 6) is 0.351. The maximum atomic E-state index is 12.1. The Morgan fingerprint density at radius 1 is 1.24 bits per heavy atom. The lowest BCUT2D eigenvalue weighted by Gasteiger charge is -1.99. The van der Waals surface area contributed by atoms with Crippen molar-refractivity contribution >= 4 is 40.2 Å². The third-order valence-electron chi connectivity index (χ3n) is 3.03. The fourth-order valence-electron chi connectivity index (χ4n) is 1.89. The lowest BCUT2D eigenvalue weighted by Crippen LogP contribution is -2.02. The number of halogens is 1. The van der Waals surface area contributed by atoms with Gasteiger partial charge in [-0.2, -0.15) is 0 Å². The number of carbonyl (C=O) groups is 1. The Morgan fingerprint density at radius 3 is 2.76 bits per heavy atom. The van der Waals surface area contributed by atoms with Crippen molar-refractivity contribution in [3.05, 3.63) is 58.6 Å². The van der Waals surface area contributed by atoms with Gasteiger partial charge in [0.05, 0.1) is 5.75 Å². The number of benzene rings is 2. The number of Topliss-reactive ketones (excluding diaryl/α,β-unsaturated/α-hetero) is 1. The van der Waals surface area contributed by atoms with Gasteiger partial charge in [0, 0.05) is 10.6 Å². The molecule has 0 spiro atoms. The minimum atomic E-state index is 0.0558. The fourth-order valence-corrected chi connectivity index (χ4v) is 2.79. The quantitative estimate of drug-likeness (QED) is 0.514. The third kappa shape index (κ3) is 3.28. The minimum absolute atomic E-state index is 0.0558. The van der Waals surface area contributed by atoms with Gasteiger partial charge in [0.25, 0.3) is 5.22 Å². The van der Waals surface area contributed by atoms with Gasteiger partial charge >= 0.3 is 0 Å². The number of ketones is 1. The highest BCUT2D eigenvalue weighted by Crippen LogP contribution is 2.26. The van der Waals surface area contributed by atoms with Crippen LogP contribution in [0.15, 0.2) is 52.1 Å². The van der Waals surface area contributed by atoms with E-state index in [1.54, 1.807) is 18.2 Å². The molecular formula is C16H12ClNO2S. The Hall–Kier alpha value is -1.78. The van der Waals surface area contributed by atoms with Crippen LogP contribution < -0.4 is 0 Å². The first-order valence-corrected chi connectivity index (χ1v) is 7.77. The lowest BCUT2D eigenvalue weighted by atomic mass is 10.1. The highest BCUT2D eigenvalue weighted by molar-refractivity contribution is 7.99. The summed E-state index contributed by atoms with van der Waals surface area (Å²) in [7, 11) is 0. The summed E-state index contributed by atoms with van der Waals surface area (Å²) in [6, 6.07) is 12.8. The Kier molecular flexibility index (Phi) is 3.99. The maximum Gasteiger partial charge on any atom is 0.257 e. The van der Waals surface area contributed by atoms with Gasteiger partial charge in [-0.1, -0.05) is 53.2 Å². The second kappa shape index (κ2) is 5.92. The highest BCUT2D eigenvalue weighted by Gasteiger charge is 2.11. The smallest absolute Gasteiger partial charge is 0.257 e. The fraction of sp³-hybridized carbons (Fsp3) is 0.125. The first-order valence-electron chi connectivity index (χ1n) is 6.40. The molecule has 2 aromatic carbocycles. The molecule has 0 atom stereocenters. The number of hydrogen-bond acceptors (Lipinski definition) is 4. The van der Waals surface area contributed by atoms with Crippen molar-refractivity contribution in [2.24, 2.45) is 0 Å². The molecule has 0 radical (unpaired) electrons. The van der Waals surface area contributed by atoms with E-state index < -0.39 is 0 Å². The van der Waals surface area contributed by atoms with Gasteiger partial charge in [0.1, 0.15) is 5.52 Å². The second-order valence-electron chi connectivity index (χ2n) is 4.67. The molecule has 3 aromatic rings. The van der Waals surface area contributed by atoms with Crippen LogP contribution in [0.2, 0.25) is 5.02 Å². The molecule has 1 aromatic heterocycles. The number of oxazole rings is 1. The average Bonchev–Trinajstić information content (AvgIpc) is 2.87. The predicted molar refractivity (Wildman–Crippen MR) is 85.3 cm³/mol. The van der Waals surface area contributed by atoms with Crippen molar-refractivity contribution in [2.75, 3.05) is 5.75 Å². The van der Waals surface area contributed by atoms with Gasteiger partial charge in [-0.15, -0.1) is 0 Å². The van der Waals surface area contributed by atoms with E-state index in [0.29, 0.717) is 32.7 Å². The van der Waals surface area contributed by atoms with Crippen LogP contribution in [0, 0.1) is 6.92 Å². The molecule has 1 heterocycles. The first kappa shape index (κ1) is 14.2. The Labute approximate surface area is 131 Å². The lowest BCUT2D eigenvalue weighted by molar-refractivity contribution is 0.102. The monoisotopic (exact) mass is 317 g/mol. The number of fused-ring (bicyclic) bond motifs is 1. The number of carbonyl (C=O) groups excluding carboxylic acids is 1. The summed E-state index contributed by atoms with van der Waals surface area (Å²) in [4.78, 5) is 16.4. The zero-order valence-electron chi connectivity index (χ0n) is 11.3. The molecular weight excluding hydrogens is 306 g/mol. The number of hydrogen-bond donors (Lipinski definition) is 0. The van der Waals surface area contributed by atoms with Gasteiger partial charge in [-0.25, -0.2) is 4.98 Å². The molecule has 0 saturated carbocycles. The van der Waals surface area contributed by atoms with Crippen molar-refractivity contribution in [1.29, 1.82) is 0 Å². The molecule has 0 aliphatic heterocycles. The van der Waals surface area contributed by atoms with Crippen molar-refractivity contribution in [2.45, 2.75) is 12.1 Å². The normalized spacial score (nSPS) is 11.0. The van der Waals surface area contributed by atoms with Crippen LogP contribution in [0.25, 0.3) is 11.1 Å². The third-order valence-corrected chi connectivity index (χ3v) is 4.09. The van der Waals surface area contributed by atoms with E-state index in [1.165, 1.54) is 11.8 Å². The number of nitrogens with zero attached hydrogens (tertiary/aromatic N) is 1. The molecule has 0 fully saturated rings. The molecule has 0 aliphatic rings. The molecule has 0 unspecified atom stereocenters. The highest BCUT2D eigenvalue weighted by atomic mass is 35.5. The molecule has 0 aliphatic carbocycles. The van der Waals surface area contributed by atoms with Crippen molar-refractivity contribution in [3.63, 3.8) is 0 Å². The minimum Gasteiger partial charge on any atom is -0.431 e. The number of rotatable bonds is 4. The first-order chi connectivity index (χ1) is 10.1. The SMILES string of the molecule is Cc1ccc(C(=O)CSc2nc3cc(Cl)ccc3o2)cc1. The van der Waals surface area contributed by atoms with Gasteiger partial charge in [0.2, 0.25) is 0 Å². The number of thioether (sulfide) groups is 1. The van der Waals surface area contributed by atoms with E-state index in [-0.39, 0.29) is 5.78 Å². The topological polar surface area (TPSA) is 43.1 Å². The van der Waals surface area contributed by atoms with Crippen LogP contribution in [-0.4, -0.2) is 16.5 Å². The molecule has 3 rings (SSSR count). The molecule has 0 N–H and O–H groups in total. The van der Waals surface area contributed by atoms with Crippen LogP contribution in [0.3, 0.4) is 0 Å². The van der Waals surface area contributed by atoms with E-state index in [4.69, 9.17) is 16.0 Å². The van der Waals surface area contributed by atoms with E-state index in [9.17, 15) is 4.79 Å². The van der Waals surface area contributed by atoms with Crippen LogP contribution in [0.1, 0.15) is 15.9 Å².